The maximum Gasteiger partial charge on any atom is 0.231 e. The third-order valence-corrected chi connectivity index (χ3v) is 4.00. The average Bonchev–Trinajstić information content (AvgIpc) is 2.83. The number of hydrogen-bond donors (Lipinski definition) is 2. The lowest BCUT2D eigenvalue weighted by molar-refractivity contribution is -0.120. The zero-order chi connectivity index (χ0) is 13.8. The molecule has 2 atom stereocenters. The standard InChI is InChI=1S/C13H18BrN3O2/c1-3-15-11-7-19-6-10(11)13(18)17-9-4-8(2)12(14)16-5-9/h4-5,10-11,15H,3,6-7H2,1-2H3,(H,17,18). The number of ether oxygens (including phenoxy) is 1. The number of likely N-dealkylation sites (N-methyl/N-ethyl adjacent to an activating group) is 1. The smallest absolute Gasteiger partial charge is 0.231 e. The van der Waals surface area contributed by atoms with Crippen LogP contribution >= 0.6 is 15.9 Å². The van der Waals surface area contributed by atoms with Crippen molar-refractivity contribution in [2.24, 2.45) is 5.92 Å². The van der Waals surface area contributed by atoms with Crippen molar-refractivity contribution in [2.45, 2.75) is 19.9 Å². The molecular formula is C13H18BrN3O2. The number of aryl methyl sites for hydroxylation is 1. The zero-order valence-electron chi connectivity index (χ0n) is 11.1. The van der Waals surface area contributed by atoms with Crippen molar-refractivity contribution in [1.82, 2.24) is 10.3 Å². The van der Waals surface area contributed by atoms with E-state index >= 15 is 0 Å². The van der Waals surface area contributed by atoms with Crippen LogP contribution in [0.5, 0.6) is 0 Å². The highest BCUT2D eigenvalue weighted by molar-refractivity contribution is 9.10. The van der Waals surface area contributed by atoms with Crippen LogP contribution in [0, 0.1) is 12.8 Å². The Morgan fingerprint density at radius 1 is 1.58 bits per heavy atom. The van der Waals surface area contributed by atoms with E-state index in [0.717, 1.165) is 16.7 Å². The van der Waals surface area contributed by atoms with E-state index in [-0.39, 0.29) is 17.9 Å². The van der Waals surface area contributed by atoms with Crippen molar-refractivity contribution < 1.29 is 9.53 Å². The molecular weight excluding hydrogens is 310 g/mol. The molecule has 5 nitrogen and oxygen atoms in total. The van der Waals surface area contributed by atoms with E-state index in [1.807, 2.05) is 19.9 Å². The Balaban J connectivity index is 2.02. The fourth-order valence-electron chi connectivity index (χ4n) is 2.14. The summed E-state index contributed by atoms with van der Waals surface area (Å²) in [7, 11) is 0. The number of amides is 1. The number of hydrogen-bond acceptors (Lipinski definition) is 4. The van der Waals surface area contributed by atoms with E-state index < -0.39 is 0 Å². The molecule has 0 aromatic carbocycles. The van der Waals surface area contributed by atoms with Crippen LogP contribution in [0.25, 0.3) is 0 Å². The highest BCUT2D eigenvalue weighted by Crippen LogP contribution is 2.19. The second kappa shape index (κ2) is 6.45. The molecule has 0 radical (unpaired) electrons. The first kappa shape index (κ1) is 14.4. The number of rotatable bonds is 4. The molecule has 19 heavy (non-hydrogen) atoms. The van der Waals surface area contributed by atoms with Gasteiger partial charge in [-0.25, -0.2) is 4.98 Å². The molecule has 1 aliphatic heterocycles. The molecule has 1 saturated heterocycles. The Morgan fingerprint density at radius 3 is 3.05 bits per heavy atom. The molecule has 2 unspecified atom stereocenters. The molecule has 1 aliphatic rings. The van der Waals surface area contributed by atoms with Crippen LogP contribution in [-0.4, -0.2) is 36.7 Å². The number of carbonyl (C=O) groups is 1. The third-order valence-electron chi connectivity index (χ3n) is 3.17. The van der Waals surface area contributed by atoms with Crippen molar-refractivity contribution in [3.63, 3.8) is 0 Å². The van der Waals surface area contributed by atoms with Crippen LogP contribution in [0.4, 0.5) is 5.69 Å². The average molecular weight is 328 g/mol. The van der Waals surface area contributed by atoms with Gasteiger partial charge in [0.1, 0.15) is 4.60 Å². The zero-order valence-corrected chi connectivity index (χ0v) is 12.7. The van der Waals surface area contributed by atoms with Gasteiger partial charge in [-0.2, -0.15) is 0 Å². The molecule has 1 fully saturated rings. The monoisotopic (exact) mass is 327 g/mol. The number of nitrogens with zero attached hydrogens (tertiary/aromatic N) is 1. The summed E-state index contributed by atoms with van der Waals surface area (Å²) in [6, 6.07) is 1.99. The molecule has 0 spiro atoms. The summed E-state index contributed by atoms with van der Waals surface area (Å²) >= 11 is 3.34. The van der Waals surface area contributed by atoms with E-state index in [9.17, 15) is 4.79 Å². The number of carbonyl (C=O) groups excluding carboxylic acids is 1. The van der Waals surface area contributed by atoms with E-state index in [2.05, 4.69) is 31.5 Å². The first-order valence-electron chi connectivity index (χ1n) is 6.36. The Hall–Kier alpha value is -0.980. The van der Waals surface area contributed by atoms with Crippen LogP contribution < -0.4 is 10.6 Å². The number of pyridine rings is 1. The van der Waals surface area contributed by atoms with Gasteiger partial charge < -0.3 is 15.4 Å². The SMILES string of the molecule is CCNC1COCC1C(=O)Nc1cnc(Br)c(C)c1. The maximum absolute atomic E-state index is 12.2. The minimum absolute atomic E-state index is 0.0213. The number of aromatic nitrogens is 1. The molecule has 1 amide bonds. The number of anilines is 1. The normalized spacial score (nSPS) is 22.5. The van der Waals surface area contributed by atoms with Crippen LogP contribution in [-0.2, 0) is 9.53 Å². The van der Waals surface area contributed by atoms with Crippen molar-refractivity contribution in [3.8, 4) is 0 Å². The minimum Gasteiger partial charge on any atom is -0.379 e. The Labute approximate surface area is 121 Å². The van der Waals surface area contributed by atoms with Gasteiger partial charge in [0.15, 0.2) is 0 Å². The van der Waals surface area contributed by atoms with E-state index in [4.69, 9.17) is 4.74 Å². The van der Waals surface area contributed by atoms with Gasteiger partial charge in [0.25, 0.3) is 0 Å². The van der Waals surface area contributed by atoms with Gasteiger partial charge in [0.2, 0.25) is 5.91 Å². The maximum atomic E-state index is 12.2. The first-order chi connectivity index (χ1) is 9.11. The summed E-state index contributed by atoms with van der Waals surface area (Å²) in [4.78, 5) is 16.4. The van der Waals surface area contributed by atoms with Crippen molar-refractivity contribution in [1.29, 1.82) is 0 Å². The predicted molar refractivity (Wildman–Crippen MR) is 77.1 cm³/mol. The van der Waals surface area contributed by atoms with Gasteiger partial charge >= 0.3 is 0 Å². The van der Waals surface area contributed by atoms with Gasteiger partial charge in [-0.05, 0) is 41.0 Å². The third kappa shape index (κ3) is 3.52. The second-order valence-electron chi connectivity index (χ2n) is 4.63. The van der Waals surface area contributed by atoms with Crippen LogP contribution in [0.15, 0.2) is 16.9 Å². The van der Waals surface area contributed by atoms with Gasteiger partial charge in [-0.15, -0.1) is 0 Å². The molecule has 2 N–H and O–H groups in total. The van der Waals surface area contributed by atoms with Crippen LogP contribution in [0.1, 0.15) is 12.5 Å². The van der Waals surface area contributed by atoms with Crippen LogP contribution in [0.3, 0.4) is 0 Å². The van der Waals surface area contributed by atoms with Gasteiger partial charge in [0.05, 0.1) is 31.0 Å². The summed E-state index contributed by atoms with van der Waals surface area (Å²) in [5.74, 6) is -0.170. The van der Waals surface area contributed by atoms with Crippen molar-refractivity contribution in [2.75, 3.05) is 25.1 Å². The van der Waals surface area contributed by atoms with Gasteiger partial charge in [-0.3, -0.25) is 4.79 Å². The minimum atomic E-state index is -0.149. The highest BCUT2D eigenvalue weighted by atomic mass is 79.9. The lowest BCUT2D eigenvalue weighted by atomic mass is 10.0. The van der Waals surface area contributed by atoms with E-state index in [1.54, 1.807) is 6.20 Å². The summed E-state index contributed by atoms with van der Waals surface area (Å²) < 4.78 is 6.17. The molecule has 0 saturated carbocycles. The summed E-state index contributed by atoms with van der Waals surface area (Å²) in [5.41, 5.74) is 1.71. The first-order valence-corrected chi connectivity index (χ1v) is 7.15. The highest BCUT2D eigenvalue weighted by Gasteiger charge is 2.33. The van der Waals surface area contributed by atoms with Gasteiger partial charge in [0, 0.05) is 6.04 Å². The van der Waals surface area contributed by atoms with E-state index in [1.165, 1.54) is 0 Å². The van der Waals surface area contributed by atoms with E-state index in [0.29, 0.717) is 18.9 Å². The predicted octanol–water partition coefficient (Wildman–Crippen LogP) is 1.72. The summed E-state index contributed by atoms with van der Waals surface area (Å²) in [5, 5.41) is 6.17. The number of nitrogens with one attached hydrogen (secondary N) is 2. The van der Waals surface area contributed by atoms with Gasteiger partial charge in [-0.1, -0.05) is 6.92 Å². The Morgan fingerprint density at radius 2 is 2.37 bits per heavy atom. The molecule has 2 rings (SSSR count). The number of halogens is 1. The molecule has 1 aromatic heterocycles. The van der Waals surface area contributed by atoms with Crippen molar-refractivity contribution >= 4 is 27.5 Å². The molecule has 1 aromatic rings. The van der Waals surface area contributed by atoms with Crippen molar-refractivity contribution in [3.05, 3.63) is 22.4 Å². The molecule has 2 heterocycles. The second-order valence-corrected chi connectivity index (χ2v) is 5.38. The Bertz CT molecular complexity index is 467. The fourth-order valence-corrected chi connectivity index (χ4v) is 2.35. The topological polar surface area (TPSA) is 63.2 Å². The lowest BCUT2D eigenvalue weighted by Crippen LogP contribution is -2.41. The molecule has 6 heteroatoms. The van der Waals surface area contributed by atoms with Crippen LogP contribution in [0.2, 0.25) is 0 Å². The largest absolute Gasteiger partial charge is 0.379 e. The molecule has 104 valence electrons. The molecule has 0 bridgehead atoms. The quantitative estimate of drug-likeness (QED) is 0.826. The fraction of sp³-hybridized carbons (Fsp3) is 0.538. The molecule has 0 aliphatic carbocycles. The summed E-state index contributed by atoms with van der Waals surface area (Å²) in [6.07, 6.45) is 1.65. The summed E-state index contributed by atoms with van der Waals surface area (Å²) in [6.45, 7) is 5.84. The lowest BCUT2D eigenvalue weighted by Gasteiger charge is -2.17. The Kier molecular flexibility index (Phi) is 4.90.